The Hall–Kier alpha value is -0.120. The molecular formula is C8H11ClO3. The van der Waals surface area contributed by atoms with Crippen molar-refractivity contribution in [1.29, 1.82) is 0 Å². The molecule has 1 aliphatic heterocycles. The highest BCUT2D eigenvalue weighted by Crippen LogP contribution is 2.36. The summed E-state index contributed by atoms with van der Waals surface area (Å²) in [5, 5.41) is -0.420. The molecule has 1 heterocycles. The Kier molecular flexibility index (Phi) is 2.10. The molecule has 12 heavy (non-hydrogen) atoms. The largest absolute Gasteiger partial charge is 0.347 e. The highest BCUT2D eigenvalue weighted by molar-refractivity contribution is 6.31. The van der Waals surface area contributed by atoms with Crippen molar-refractivity contribution < 1.29 is 14.3 Å². The number of halogens is 1. The Morgan fingerprint density at radius 2 is 2.08 bits per heavy atom. The topological polar surface area (TPSA) is 35.5 Å². The van der Waals surface area contributed by atoms with Crippen molar-refractivity contribution in [2.45, 2.75) is 30.4 Å². The van der Waals surface area contributed by atoms with Gasteiger partial charge in [-0.05, 0) is 0 Å². The monoisotopic (exact) mass is 190 g/mol. The van der Waals surface area contributed by atoms with Crippen LogP contribution < -0.4 is 0 Å². The van der Waals surface area contributed by atoms with E-state index in [1.807, 2.05) is 0 Å². The first-order valence-corrected chi connectivity index (χ1v) is 4.60. The molecule has 0 amide bonds. The molecule has 1 unspecified atom stereocenters. The first-order chi connectivity index (χ1) is 5.72. The van der Waals surface area contributed by atoms with Crippen LogP contribution in [0.5, 0.6) is 0 Å². The molecule has 68 valence electrons. The molecule has 0 aromatic carbocycles. The quantitative estimate of drug-likeness (QED) is 0.537. The minimum absolute atomic E-state index is 0.112. The van der Waals surface area contributed by atoms with E-state index in [9.17, 15) is 4.79 Å². The van der Waals surface area contributed by atoms with E-state index >= 15 is 0 Å². The van der Waals surface area contributed by atoms with Gasteiger partial charge in [-0.2, -0.15) is 0 Å². The van der Waals surface area contributed by atoms with Crippen LogP contribution in [0.3, 0.4) is 0 Å². The highest BCUT2D eigenvalue weighted by Gasteiger charge is 2.43. The number of Topliss-reactive ketones (excluding diaryl/α,β-unsaturated/α-hetero) is 1. The molecule has 0 N–H and O–H groups in total. The zero-order valence-corrected chi connectivity index (χ0v) is 7.47. The summed E-state index contributed by atoms with van der Waals surface area (Å²) < 4.78 is 10.9. The lowest BCUT2D eigenvalue weighted by Crippen LogP contribution is -2.41. The van der Waals surface area contributed by atoms with E-state index in [1.54, 1.807) is 0 Å². The SMILES string of the molecule is O=C1CCC2(CC1Cl)OCCO2. The second-order valence-corrected chi connectivity index (χ2v) is 3.77. The maximum absolute atomic E-state index is 11.1. The number of carbonyl (C=O) groups is 1. The van der Waals surface area contributed by atoms with Crippen LogP contribution in [0.4, 0.5) is 0 Å². The molecule has 1 saturated heterocycles. The lowest BCUT2D eigenvalue weighted by atomic mass is 9.93. The number of ketones is 1. The van der Waals surface area contributed by atoms with Crippen molar-refractivity contribution in [2.24, 2.45) is 0 Å². The number of ether oxygens (including phenoxy) is 2. The Morgan fingerprint density at radius 1 is 1.42 bits per heavy atom. The molecule has 2 aliphatic rings. The first-order valence-electron chi connectivity index (χ1n) is 4.17. The molecule has 1 saturated carbocycles. The summed E-state index contributed by atoms with van der Waals surface area (Å²) in [7, 11) is 0. The van der Waals surface area contributed by atoms with Crippen molar-refractivity contribution in [3.05, 3.63) is 0 Å². The van der Waals surface area contributed by atoms with Crippen molar-refractivity contribution >= 4 is 17.4 Å². The minimum atomic E-state index is -0.527. The van der Waals surface area contributed by atoms with E-state index in [1.165, 1.54) is 0 Å². The van der Waals surface area contributed by atoms with E-state index in [0.717, 1.165) is 0 Å². The van der Waals surface area contributed by atoms with Crippen molar-refractivity contribution in [3.63, 3.8) is 0 Å². The van der Waals surface area contributed by atoms with Gasteiger partial charge in [-0.15, -0.1) is 11.6 Å². The number of rotatable bonds is 0. The van der Waals surface area contributed by atoms with Gasteiger partial charge in [-0.25, -0.2) is 0 Å². The maximum atomic E-state index is 11.1. The fourth-order valence-corrected chi connectivity index (χ4v) is 2.06. The van der Waals surface area contributed by atoms with Crippen LogP contribution in [-0.4, -0.2) is 30.2 Å². The zero-order valence-electron chi connectivity index (χ0n) is 6.72. The molecule has 2 rings (SSSR count). The summed E-state index contributed by atoms with van der Waals surface area (Å²) in [4.78, 5) is 11.1. The average molecular weight is 191 g/mol. The van der Waals surface area contributed by atoms with Crippen molar-refractivity contribution in [1.82, 2.24) is 0 Å². The Balaban J connectivity index is 2.05. The van der Waals surface area contributed by atoms with Gasteiger partial charge in [-0.1, -0.05) is 0 Å². The summed E-state index contributed by atoms with van der Waals surface area (Å²) in [6.07, 6.45) is 1.65. The molecule has 0 radical (unpaired) electrons. The number of carbonyl (C=O) groups excluding carboxylic acids is 1. The van der Waals surface area contributed by atoms with Gasteiger partial charge in [0.25, 0.3) is 0 Å². The number of hydrogen-bond donors (Lipinski definition) is 0. The summed E-state index contributed by atoms with van der Waals surface area (Å²) in [5.41, 5.74) is 0. The Morgan fingerprint density at radius 3 is 2.67 bits per heavy atom. The molecule has 0 aromatic rings. The minimum Gasteiger partial charge on any atom is -0.347 e. The van der Waals surface area contributed by atoms with E-state index < -0.39 is 11.2 Å². The molecule has 2 fully saturated rings. The summed E-state index contributed by atoms with van der Waals surface area (Å²) in [6, 6.07) is 0. The van der Waals surface area contributed by atoms with Crippen LogP contribution in [0.2, 0.25) is 0 Å². The normalized spacial score (nSPS) is 34.4. The average Bonchev–Trinajstić information content (AvgIpc) is 2.47. The van der Waals surface area contributed by atoms with Crippen LogP contribution in [0, 0.1) is 0 Å². The molecule has 4 heteroatoms. The highest BCUT2D eigenvalue weighted by atomic mass is 35.5. The van der Waals surface area contributed by atoms with Gasteiger partial charge in [0, 0.05) is 19.3 Å². The lowest BCUT2D eigenvalue weighted by molar-refractivity contribution is -0.179. The fourth-order valence-electron chi connectivity index (χ4n) is 1.72. The van der Waals surface area contributed by atoms with E-state index in [4.69, 9.17) is 21.1 Å². The lowest BCUT2D eigenvalue weighted by Gasteiger charge is -2.32. The Bertz CT molecular complexity index is 198. The van der Waals surface area contributed by atoms with Crippen LogP contribution >= 0.6 is 11.6 Å². The third-order valence-electron chi connectivity index (χ3n) is 2.41. The van der Waals surface area contributed by atoms with E-state index in [2.05, 4.69) is 0 Å². The van der Waals surface area contributed by atoms with E-state index in [-0.39, 0.29) is 5.78 Å². The first kappa shape index (κ1) is 8.48. The molecule has 3 nitrogen and oxygen atoms in total. The van der Waals surface area contributed by atoms with Gasteiger partial charge >= 0.3 is 0 Å². The standard InChI is InChI=1S/C8H11ClO3/c9-6-5-8(2-1-7(6)10)11-3-4-12-8/h6H,1-5H2. The molecule has 1 aliphatic carbocycles. The zero-order chi connectivity index (χ0) is 8.60. The Labute approximate surface area is 76.0 Å². The van der Waals surface area contributed by atoms with Crippen LogP contribution in [0.1, 0.15) is 19.3 Å². The fraction of sp³-hybridized carbons (Fsp3) is 0.875. The predicted molar refractivity (Wildman–Crippen MR) is 43.1 cm³/mol. The van der Waals surface area contributed by atoms with Crippen LogP contribution in [-0.2, 0) is 14.3 Å². The third kappa shape index (κ3) is 1.37. The van der Waals surface area contributed by atoms with E-state index in [0.29, 0.717) is 32.5 Å². The summed E-state index contributed by atoms with van der Waals surface area (Å²) >= 11 is 5.83. The molecule has 0 bridgehead atoms. The van der Waals surface area contributed by atoms with Gasteiger partial charge < -0.3 is 9.47 Å². The van der Waals surface area contributed by atoms with Crippen LogP contribution in [0.15, 0.2) is 0 Å². The maximum Gasteiger partial charge on any atom is 0.170 e. The van der Waals surface area contributed by atoms with Gasteiger partial charge in [-0.3, -0.25) is 4.79 Å². The van der Waals surface area contributed by atoms with Gasteiger partial charge in [0.1, 0.15) is 0 Å². The second kappa shape index (κ2) is 2.98. The van der Waals surface area contributed by atoms with Gasteiger partial charge in [0.2, 0.25) is 0 Å². The van der Waals surface area contributed by atoms with Gasteiger partial charge in [0.15, 0.2) is 11.6 Å². The molecule has 1 atom stereocenters. The molecular weight excluding hydrogens is 180 g/mol. The summed E-state index contributed by atoms with van der Waals surface area (Å²) in [6.45, 7) is 1.25. The third-order valence-corrected chi connectivity index (χ3v) is 2.80. The summed E-state index contributed by atoms with van der Waals surface area (Å²) in [5.74, 6) is -0.415. The van der Waals surface area contributed by atoms with Crippen molar-refractivity contribution in [2.75, 3.05) is 13.2 Å². The number of hydrogen-bond acceptors (Lipinski definition) is 3. The smallest absolute Gasteiger partial charge is 0.170 e. The van der Waals surface area contributed by atoms with Crippen molar-refractivity contribution in [3.8, 4) is 0 Å². The molecule has 1 spiro atoms. The molecule has 0 aromatic heterocycles. The van der Waals surface area contributed by atoms with Crippen LogP contribution in [0.25, 0.3) is 0 Å². The second-order valence-electron chi connectivity index (χ2n) is 3.25. The van der Waals surface area contributed by atoms with Gasteiger partial charge in [0.05, 0.1) is 18.6 Å². The number of alkyl halides is 1. The predicted octanol–water partition coefficient (Wildman–Crippen LogP) is 1.09.